The number of pyridine rings is 1. The average Bonchev–Trinajstić information content (AvgIpc) is 2.38. The zero-order chi connectivity index (χ0) is 14.8. The molecule has 1 aromatic rings. The molecule has 2 rings (SSSR count). The second-order valence-corrected chi connectivity index (χ2v) is 6.74. The molecule has 1 aromatic heterocycles. The van der Waals surface area contributed by atoms with Gasteiger partial charge in [-0.15, -0.1) is 0 Å². The molecule has 8 heteroatoms. The van der Waals surface area contributed by atoms with Crippen molar-refractivity contribution in [1.29, 1.82) is 0 Å². The van der Waals surface area contributed by atoms with Crippen LogP contribution in [0.15, 0.2) is 18.2 Å². The molecule has 1 saturated heterocycles. The van der Waals surface area contributed by atoms with Crippen molar-refractivity contribution in [3.05, 3.63) is 29.8 Å². The third-order valence-electron chi connectivity index (χ3n) is 3.21. The van der Waals surface area contributed by atoms with Crippen molar-refractivity contribution in [2.24, 2.45) is 0 Å². The fourth-order valence-electron chi connectivity index (χ4n) is 2.13. The number of sulfonamides is 1. The Morgan fingerprint density at radius 2 is 2.05 bits per heavy atom. The summed E-state index contributed by atoms with van der Waals surface area (Å²) in [5.74, 6) is -1.15. The molecule has 1 amide bonds. The van der Waals surface area contributed by atoms with E-state index in [1.54, 1.807) is 0 Å². The van der Waals surface area contributed by atoms with Gasteiger partial charge in [-0.05, 0) is 25.0 Å². The van der Waals surface area contributed by atoms with Crippen LogP contribution in [0.25, 0.3) is 0 Å². The zero-order valence-electron chi connectivity index (χ0n) is 11.0. The molecule has 20 heavy (non-hydrogen) atoms. The van der Waals surface area contributed by atoms with Crippen LogP contribution in [0, 0.1) is 5.95 Å². The molecule has 2 heterocycles. The summed E-state index contributed by atoms with van der Waals surface area (Å²) >= 11 is 0. The molecule has 1 aliphatic heterocycles. The quantitative estimate of drug-likeness (QED) is 0.818. The number of amides is 1. The van der Waals surface area contributed by atoms with Crippen LogP contribution in [-0.2, 0) is 10.0 Å². The van der Waals surface area contributed by atoms with Gasteiger partial charge in [-0.3, -0.25) is 4.79 Å². The predicted octanol–water partition coefficient (Wildman–Crippen LogP) is 0.374. The molecule has 0 aromatic carbocycles. The van der Waals surface area contributed by atoms with E-state index in [1.807, 2.05) is 0 Å². The molecule has 1 aliphatic rings. The number of hydrogen-bond donors (Lipinski definition) is 1. The highest BCUT2D eigenvalue weighted by atomic mass is 32.2. The summed E-state index contributed by atoms with van der Waals surface area (Å²) in [6, 6.07) is 3.90. The SMILES string of the molecule is CS(=O)(=O)N1CCC(NC(=O)c2cccc(F)n2)CC1. The van der Waals surface area contributed by atoms with Gasteiger partial charge in [-0.2, -0.15) is 4.39 Å². The van der Waals surface area contributed by atoms with Crippen molar-refractivity contribution in [1.82, 2.24) is 14.6 Å². The normalized spacial score (nSPS) is 17.9. The van der Waals surface area contributed by atoms with E-state index in [0.717, 1.165) is 0 Å². The summed E-state index contributed by atoms with van der Waals surface area (Å²) < 4.78 is 37.0. The Bertz CT molecular complexity index is 598. The summed E-state index contributed by atoms with van der Waals surface area (Å²) in [4.78, 5) is 15.4. The lowest BCUT2D eigenvalue weighted by Gasteiger charge is -2.30. The van der Waals surface area contributed by atoms with E-state index in [4.69, 9.17) is 0 Å². The van der Waals surface area contributed by atoms with E-state index in [9.17, 15) is 17.6 Å². The lowest BCUT2D eigenvalue weighted by atomic mass is 10.1. The van der Waals surface area contributed by atoms with E-state index >= 15 is 0 Å². The van der Waals surface area contributed by atoms with Gasteiger partial charge in [0.05, 0.1) is 6.26 Å². The van der Waals surface area contributed by atoms with Gasteiger partial charge in [0.25, 0.3) is 5.91 Å². The van der Waals surface area contributed by atoms with Crippen LogP contribution in [-0.4, -0.2) is 49.0 Å². The van der Waals surface area contributed by atoms with Crippen molar-refractivity contribution in [2.75, 3.05) is 19.3 Å². The van der Waals surface area contributed by atoms with E-state index in [-0.39, 0.29) is 11.7 Å². The highest BCUT2D eigenvalue weighted by Crippen LogP contribution is 2.13. The topological polar surface area (TPSA) is 79.4 Å². The van der Waals surface area contributed by atoms with Crippen molar-refractivity contribution in [2.45, 2.75) is 18.9 Å². The van der Waals surface area contributed by atoms with E-state index in [0.29, 0.717) is 25.9 Å². The largest absolute Gasteiger partial charge is 0.348 e. The molecule has 0 unspecified atom stereocenters. The number of hydrogen-bond acceptors (Lipinski definition) is 4. The number of nitrogens with one attached hydrogen (secondary N) is 1. The zero-order valence-corrected chi connectivity index (χ0v) is 11.9. The van der Waals surface area contributed by atoms with E-state index < -0.39 is 21.9 Å². The molecule has 0 aliphatic carbocycles. The van der Waals surface area contributed by atoms with E-state index in [2.05, 4.69) is 10.3 Å². The Hall–Kier alpha value is -1.54. The van der Waals surface area contributed by atoms with Crippen molar-refractivity contribution < 1.29 is 17.6 Å². The first-order valence-corrected chi connectivity index (χ1v) is 8.09. The third-order valence-corrected chi connectivity index (χ3v) is 4.51. The van der Waals surface area contributed by atoms with Crippen LogP contribution in [0.2, 0.25) is 0 Å². The lowest BCUT2D eigenvalue weighted by Crippen LogP contribution is -2.46. The lowest BCUT2D eigenvalue weighted by molar-refractivity contribution is 0.0917. The first-order valence-electron chi connectivity index (χ1n) is 6.25. The molecule has 0 spiro atoms. The summed E-state index contributed by atoms with van der Waals surface area (Å²) in [6.07, 6.45) is 2.24. The molecule has 1 N–H and O–H groups in total. The highest BCUT2D eigenvalue weighted by molar-refractivity contribution is 7.88. The molecule has 0 saturated carbocycles. The van der Waals surface area contributed by atoms with Crippen LogP contribution in [0.3, 0.4) is 0 Å². The second kappa shape index (κ2) is 5.84. The number of rotatable bonds is 3. The maximum absolute atomic E-state index is 12.9. The van der Waals surface area contributed by atoms with E-state index in [1.165, 1.54) is 28.8 Å². The second-order valence-electron chi connectivity index (χ2n) is 4.76. The number of nitrogens with zero attached hydrogens (tertiary/aromatic N) is 2. The first kappa shape index (κ1) is 14.9. The molecular formula is C12H16FN3O3S. The van der Waals surface area contributed by atoms with Gasteiger partial charge in [-0.25, -0.2) is 17.7 Å². The minimum absolute atomic E-state index is 0.0237. The van der Waals surface area contributed by atoms with Crippen LogP contribution < -0.4 is 5.32 Å². The summed E-state index contributed by atoms with van der Waals surface area (Å²) in [6.45, 7) is 0.751. The number of carbonyl (C=O) groups excluding carboxylic acids is 1. The van der Waals surface area contributed by atoms with Crippen LogP contribution in [0.4, 0.5) is 4.39 Å². The Kier molecular flexibility index (Phi) is 4.34. The summed E-state index contributed by atoms with van der Waals surface area (Å²) in [5.41, 5.74) is 0.0237. The minimum atomic E-state index is -3.18. The Morgan fingerprint density at radius 3 is 2.60 bits per heavy atom. The molecule has 0 radical (unpaired) electrons. The van der Waals surface area contributed by atoms with Crippen molar-refractivity contribution in [3.8, 4) is 0 Å². The van der Waals surface area contributed by atoms with Crippen LogP contribution >= 0.6 is 0 Å². The van der Waals surface area contributed by atoms with Crippen LogP contribution in [0.1, 0.15) is 23.3 Å². The average molecular weight is 301 g/mol. The number of halogens is 1. The van der Waals surface area contributed by atoms with Gasteiger partial charge >= 0.3 is 0 Å². The summed E-state index contributed by atoms with van der Waals surface area (Å²) in [7, 11) is -3.18. The molecule has 0 bridgehead atoms. The Balaban J connectivity index is 1.91. The maximum atomic E-state index is 12.9. The standard InChI is InChI=1S/C12H16FN3O3S/c1-20(18,19)16-7-5-9(6-8-16)14-12(17)10-3-2-4-11(13)15-10/h2-4,9H,5-8H2,1H3,(H,14,17). The third kappa shape index (κ3) is 3.73. The maximum Gasteiger partial charge on any atom is 0.270 e. The van der Waals surface area contributed by atoms with Gasteiger partial charge in [0.2, 0.25) is 16.0 Å². The van der Waals surface area contributed by atoms with Gasteiger partial charge in [0, 0.05) is 19.1 Å². The number of aromatic nitrogens is 1. The van der Waals surface area contributed by atoms with Crippen LogP contribution in [0.5, 0.6) is 0 Å². The van der Waals surface area contributed by atoms with Gasteiger partial charge < -0.3 is 5.32 Å². The van der Waals surface area contributed by atoms with Crippen molar-refractivity contribution in [3.63, 3.8) is 0 Å². The first-order chi connectivity index (χ1) is 9.36. The monoisotopic (exact) mass is 301 g/mol. The Morgan fingerprint density at radius 1 is 1.40 bits per heavy atom. The fourth-order valence-corrected chi connectivity index (χ4v) is 3.00. The Labute approximate surface area is 117 Å². The predicted molar refractivity (Wildman–Crippen MR) is 71.1 cm³/mol. The molecule has 6 nitrogen and oxygen atoms in total. The molecule has 110 valence electrons. The smallest absolute Gasteiger partial charge is 0.270 e. The molecule has 0 atom stereocenters. The molecule has 1 fully saturated rings. The van der Waals surface area contributed by atoms with Crippen molar-refractivity contribution >= 4 is 15.9 Å². The highest BCUT2D eigenvalue weighted by Gasteiger charge is 2.26. The van der Waals surface area contributed by atoms with Gasteiger partial charge in [0.1, 0.15) is 5.69 Å². The van der Waals surface area contributed by atoms with Gasteiger partial charge in [-0.1, -0.05) is 6.07 Å². The fraction of sp³-hybridized carbons (Fsp3) is 0.500. The minimum Gasteiger partial charge on any atom is -0.348 e. The summed E-state index contributed by atoms with van der Waals surface area (Å²) in [5, 5.41) is 2.74. The number of piperidine rings is 1. The van der Waals surface area contributed by atoms with Gasteiger partial charge in [0.15, 0.2) is 0 Å². The number of carbonyl (C=O) groups is 1. The molecular weight excluding hydrogens is 285 g/mol.